The average molecular weight is 734 g/mol. The zero-order valence-corrected chi connectivity index (χ0v) is 30.2. The highest BCUT2D eigenvalue weighted by Crippen LogP contribution is 2.46. The smallest absolute Gasteiger partial charge is 0.415 e. The van der Waals surface area contributed by atoms with E-state index >= 15 is 0 Å². The molecule has 4 rings (SSSR count). The zero-order chi connectivity index (χ0) is 38.2. The summed E-state index contributed by atoms with van der Waals surface area (Å²) in [5.41, 5.74) is -0.138. The lowest BCUT2D eigenvalue weighted by Crippen LogP contribution is -2.42. The van der Waals surface area contributed by atoms with E-state index in [-0.39, 0.29) is 84.0 Å². The van der Waals surface area contributed by atoms with Gasteiger partial charge in [-0.3, -0.25) is 18.8 Å². The lowest BCUT2D eigenvalue weighted by molar-refractivity contribution is -0.144. The third kappa shape index (κ3) is 8.55. The van der Waals surface area contributed by atoms with E-state index in [9.17, 15) is 33.8 Å². The van der Waals surface area contributed by atoms with Gasteiger partial charge in [-0.05, 0) is 55.2 Å². The minimum absolute atomic E-state index is 0.0187. The maximum absolute atomic E-state index is 13.8. The maximum Gasteiger partial charge on any atom is 0.415 e. The van der Waals surface area contributed by atoms with E-state index in [4.69, 9.17) is 20.8 Å². The number of nitrogens with one attached hydrogen (secondary N) is 2. The first-order chi connectivity index (χ1) is 24.8. The highest BCUT2D eigenvalue weighted by molar-refractivity contribution is 7.88. The van der Waals surface area contributed by atoms with E-state index in [0.717, 1.165) is 29.4 Å². The molecule has 0 bridgehead atoms. The summed E-state index contributed by atoms with van der Waals surface area (Å²) in [5.74, 6) is -1.08. The number of aromatic amines is 1. The number of carbonyl (C=O) groups is 2. The number of methoxy groups -OCH3 is 1. The minimum Gasteiger partial charge on any atom is -0.496 e. The van der Waals surface area contributed by atoms with Crippen molar-refractivity contribution >= 4 is 39.4 Å². The topological polar surface area (TPSA) is 229 Å². The maximum atomic E-state index is 13.8. The molecule has 2 heterocycles. The normalized spacial score (nSPS) is 18.9. The molecule has 3 unspecified atom stereocenters. The fraction of sp³-hybridized carbons (Fsp3) is 0.500. The van der Waals surface area contributed by atoms with E-state index in [0.29, 0.717) is 5.92 Å². The van der Waals surface area contributed by atoms with E-state index in [2.05, 4.69) is 30.8 Å². The number of fused-ring (bicyclic) bond motifs is 1. The summed E-state index contributed by atoms with van der Waals surface area (Å²) in [6.07, 6.45) is 0.462. The minimum atomic E-state index is -4.15. The van der Waals surface area contributed by atoms with Gasteiger partial charge in [-0.1, -0.05) is 20.8 Å². The molecule has 1 aromatic carbocycles. The molecule has 17 nitrogen and oxygen atoms in total. The SMILES string of the molecule is [C-]#[N+]c1c(OC(=O)C2C(C)CC(C)CC2C)c2nc(-c3cc(NS(=O)(=O)OC)ccc3OC)[nH]n2c1OC(=O)N(CCC#N)C(CC#N)CCC#N. The van der Waals surface area contributed by atoms with Crippen LogP contribution in [0.3, 0.4) is 0 Å². The highest BCUT2D eigenvalue weighted by atomic mass is 32.2. The van der Waals surface area contributed by atoms with Gasteiger partial charge in [0.2, 0.25) is 5.88 Å². The van der Waals surface area contributed by atoms with Gasteiger partial charge in [-0.25, -0.2) is 19.1 Å². The first-order valence-electron chi connectivity index (χ1n) is 16.4. The number of rotatable bonds is 14. The molecule has 1 saturated carbocycles. The number of benzene rings is 1. The molecule has 274 valence electrons. The largest absolute Gasteiger partial charge is 0.496 e. The third-order valence-corrected chi connectivity index (χ3v) is 9.91. The van der Waals surface area contributed by atoms with Crippen LogP contribution < -0.4 is 18.9 Å². The predicted molar refractivity (Wildman–Crippen MR) is 185 cm³/mol. The summed E-state index contributed by atoms with van der Waals surface area (Å²) in [5, 5.41) is 30.9. The molecule has 52 heavy (non-hydrogen) atoms. The second-order valence-corrected chi connectivity index (χ2v) is 14.1. The van der Waals surface area contributed by atoms with Gasteiger partial charge in [0.25, 0.3) is 5.69 Å². The Morgan fingerprint density at radius 1 is 1.12 bits per heavy atom. The average Bonchev–Trinajstić information content (AvgIpc) is 3.64. The molecule has 1 aliphatic carbocycles. The van der Waals surface area contributed by atoms with Crippen molar-refractivity contribution in [1.82, 2.24) is 19.5 Å². The predicted octanol–water partition coefficient (Wildman–Crippen LogP) is 5.72. The van der Waals surface area contributed by atoms with Gasteiger partial charge >= 0.3 is 22.4 Å². The number of hydrogen-bond donors (Lipinski definition) is 2. The van der Waals surface area contributed by atoms with Crippen molar-refractivity contribution in [3.05, 3.63) is 29.6 Å². The molecule has 18 heteroatoms. The van der Waals surface area contributed by atoms with Crippen LogP contribution in [0.1, 0.15) is 59.3 Å². The number of aromatic nitrogens is 3. The van der Waals surface area contributed by atoms with Crippen molar-refractivity contribution in [3.8, 4) is 47.0 Å². The number of carbonyl (C=O) groups excluding carboxylic acids is 2. The summed E-state index contributed by atoms with van der Waals surface area (Å²) in [6.45, 7) is 14.0. The first kappa shape index (κ1) is 39.0. The van der Waals surface area contributed by atoms with Crippen molar-refractivity contribution in [1.29, 1.82) is 15.8 Å². The standard InChI is InChI=1S/C34H39N9O8S/c1-20-17-21(2)27(22(3)18-20)33(44)50-29-28(38-4)32(51-34(45)42(16-8-14-36)24(12-15-37)9-7-13-35)43-31(29)39-30(40-43)25-19-23(10-11-26(25)48-5)41-52(46,47)49-6/h10-11,19-22,24,27,41H,7-9,12,16-18H2,1-3,5-6H3,(H,39,40). The first-order valence-corrected chi connectivity index (χ1v) is 17.8. The summed E-state index contributed by atoms with van der Waals surface area (Å²) in [4.78, 5) is 37.0. The van der Waals surface area contributed by atoms with Crippen LogP contribution in [0, 0.1) is 64.2 Å². The van der Waals surface area contributed by atoms with E-state index < -0.39 is 40.2 Å². The van der Waals surface area contributed by atoms with Gasteiger partial charge in [-0.2, -0.15) is 24.2 Å². The van der Waals surface area contributed by atoms with Gasteiger partial charge < -0.3 is 19.1 Å². The number of H-pyrrole nitrogens is 1. The van der Waals surface area contributed by atoms with E-state index in [1.165, 1.54) is 25.3 Å². The van der Waals surface area contributed by atoms with Crippen molar-refractivity contribution < 1.29 is 36.4 Å². The summed E-state index contributed by atoms with van der Waals surface area (Å²) in [6, 6.07) is 9.46. The second-order valence-electron chi connectivity index (χ2n) is 12.6. The number of esters is 1. The van der Waals surface area contributed by atoms with Crippen LogP contribution in [0.5, 0.6) is 17.4 Å². The molecular weight excluding hydrogens is 694 g/mol. The fourth-order valence-corrected chi connectivity index (χ4v) is 7.29. The zero-order valence-electron chi connectivity index (χ0n) is 29.4. The Balaban J connectivity index is 1.89. The molecule has 2 N–H and O–H groups in total. The highest BCUT2D eigenvalue weighted by Gasteiger charge is 2.39. The van der Waals surface area contributed by atoms with Crippen LogP contribution in [-0.2, 0) is 19.3 Å². The van der Waals surface area contributed by atoms with Crippen LogP contribution in [0.25, 0.3) is 21.9 Å². The van der Waals surface area contributed by atoms with Gasteiger partial charge in [0.15, 0.2) is 17.2 Å². The number of anilines is 1. The molecule has 3 aromatic rings. The van der Waals surface area contributed by atoms with Crippen molar-refractivity contribution in [2.24, 2.45) is 23.7 Å². The molecule has 1 aliphatic rings. The van der Waals surface area contributed by atoms with Crippen LogP contribution in [0.2, 0.25) is 0 Å². The lowest BCUT2D eigenvalue weighted by Gasteiger charge is -2.36. The van der Waals surface area contributed by atoms with Crippen molar-refractivity contribution in [2.45, 2.75) is 65.3 Å². The lowest BCUT2D eigenvalue weighted by atomic mass is 9.69. The van der Waals surface area contributed by atoms with Gasteiger partial charge in [-0.15, -0.1) is 0 Å². The van der Waals surface area contributed by atoms with Gasteiger partial charge in [0.05, 0.1) is 69.0 Å². The molecule has 0 radical (unpaired) electrons. The summed E-state index contributed by atoms with van der Waals surface area (Å²) >= 11 is 0. The Bertz CT molecular complexity index is 2070. The van der Waals surface area contributed by atoms with Crippen molar-refractivity contribution in [3.63, 3.8) is 0 Å². The molecule has 2 aromatic heterocycles. The number of amides is 1. The number of ether oxygens (including phenoxy) is 3. The Morgan fingerprint density at radius 3 is 2.40 bits per heavy atom. The van der Waals surface area contributed by atoms with Crippen molar-refractivity contribution in [2.75, 3.05) is 25.5 Å². The third-order valence-electron chi connectivity index (χ3n) is 8.99. The molecule has 0 saturated heterocycles. The van der Waals surface area contributed by atoms with Crippen LogP contribution in [0.15, 0.2) is 18.2 Å². The Morgan fingerprint density at radius 2 is 1.81 bits per heavy atom. The molecule has 1 amide bonds. The van der Waals surface area contributed by atoms with Gasteiger partial charge in [0, 0.05) is 19.0 Å². The molecule has 3 atom stereocenters. The fourth-order valence-electron chi connectivity index (χ4n) is 6.79. The Labute approximate surface area is 301 Å². The van der Waals surface area contributed by atoms with E-state index in [1.54, 1.807) is 0 Å². The Kier molecular flexibility index (Phi) is 12.7. The van der Waals surface area contributed by atoms with Crippen LogP contribution in [-0.4, -0.2) is 66.8 Å². The molecule has 1 fully saturated rings. The number of nitrogens with zero attached hydrogens (tertiary/aromatic N) is 7. The monoisotopic (exact) mass is 733 g/mol. The molecule has 0 aliphatic heterocycles. The summed E-state index contributed by atoms with van der Waals surface area (Å²) in [7, 11) is -1.77. The second kappa shape index (κ2) is 16.9. The Hall–Kier alpha value is -5.82. The molecule has 0 spiro atoms. The number of hydrogen-bond acceptors (Lipinski definition) is 12. The molecular formula is C34H39N9O8S. The number of nitriles is 3. The van der Waals surface area contributed by atoms with Gasteiger partial charge in [0.1, 0.15) is 5.75 Å². The van der Waals surface area contributed by atoms with E-state index in [1.807, 2.05) is 32.1 Å². The quantitative estimate of drug-likeness (QED) is 0.150. The van der Waals surface area contributed by atoms with Crippen LogP contribution >= 0.6 is 0 Å². The summed E-state index contributed by atoms with van der Waals surface area (Å²) < 4.78 is 49.5. The van der Waals surface area contributed by atoms with Crippen LogP contribution in [0.4, 0.5) is 16.2 Å².